The molecule has 0 aliphatic carbocycles. The van der Waals surface area contributed by atoms with Crippen molar-refractivity contribution in [2.24, 2.45) is 11.8 Å². The van der Waals surface area contributed by atoms with Crippen molar-refractivity contribution in [3.63, 3.8) is 0 Å². The molecule has 2 atom stereocenters. The largest absolute Gasteiger partial charge is 0.341 e. The van der Waals surface area contributed by atoms with E-state index in [1.54, 1.807) is 11.3 Å². The summed E-state index contributed by atoms with van der Waals surface area (Å²) in [4.78, 5) is 14.1. The van der Waals surface area contributed by atoms with Crippen LogP contribution < -0.4 is 0 Å². The zero-order valence-electron chi connectivity index (χ0n) is 11.0. The van der Waals surface area contributed by atoms with Gasteiger partial charge in [-0.2, -0.15) is 0 Å². The van der Waals surface area contributed by atoms with E-state index < -0.39 is 0 Å². The standard InChI is InChI=1S/C12H19N3OS2/c1-8-4-9(2)6-15(5-8)11(16)7-17-12-14-13-10(3)18-12/h8-9H,4-7H2,1-3H3/t8-,9-/m0/s1. The number of carbonyl (C=O) groups is 1. The third-order valence-electron chi connectivity index (χ3n) is 3.05. The Morgan fingerprint density at radius 1 is 1.39 bits per heavy atom. The maximum Gasteiger partial charge on any atom is 0.233 e. The third-order valence-corrected chi connectivity index (χ3v) is 5.00. The van der Waals surface area contributed by atoms with Gasteiger partial charge >= 0.3 is 0 Å². The molecule has 18 heavy (non-hydrogen) atoms. The van der Waals surface area contributed by atoms with Crippen LogP contribution >= 0.6 is 23.1 Å². The molecule has 1 saturated heterocycles. The molecular formula is C12H19N3OS2. The van der Waals surface area contributed by atoms with Crippen molar-refractivity contribution >= 4 is 29.0 Å². The van der Waals surface area contributed by atoms with Gasteiger partial charge in [-0.15, -0.1) is 10.2 Å². The number of hydrogen-bond donors (Lipinski definition) is 0. The first kappa shape index (κ1) is 13.8. The number of thioether (sulfide) groups is 1. The van der Waals surface area contributed by atoms with E-state index in [0.717, 1.165) is 22.4 Å². The fourth-order valence-corrected chi connectivity index (χ4v) is 4.14. The molecule has 4 nitrogen and oxygen atoms in total. The first-order valence-corrected chi connectivity index (χ1v) is 8.05. The number of hydrogen-bond acceptors (Lipinski definition) is 5. The van der Waals surface area contributed by atoms with Crippen LogP contribution in [0.3, 0.4) is 0 Å². The minimum absolute atomic E-state index is 0.228. The maximum atomic E-state index is 12.1. The summed E-state index contributed by atoms with van der Waals surface area (Å²) < 4.78 is 0.888. The first-order chi connectivity index (χ1) is 8.54. The van der Waals surface area contributed by atoms with Gasteiger partial charge in [0.2, 0.25) is 5.91 Å². The molecule has 0 aromatic carbocycles. The average molecular weight is 285 g/mol. The van der Waals surface area contributed by atoms with Gasteiger partial charge in [-0.25, -0.2) is 0 Å². The number of amides is 1. The molecule has 0 N–H and O–H groups in total. The maximum absolute atomic E-state index is 12.1. The second-order valence-corrected chi connectivity index (χ2v) is 7.52. The number of aryl methyl sites for hydroxylation is 1. The van der Waals surface area contributed by atoms with Gasteiger partial charge in [0.15, 0.2) is 4.34 Å². The van der Waals surface area contributed by atoms with E-state index in [1.165, 1.54) is 18.2 Å². The smallest absolute Gasteiger partial charge is 0.233 e. The van der Waals surface area contributed by atoms with E-state index in [2.05, 4.69) is 24.0 Å². The number of aromatic nitrogens is 2. The fraction of sp³-hybridized carbons (Fsp3) is 0.750. The van der Waals surface area contributed by atoms with Crippen LogP contribution in [0.2, 0.25) is 0 Å². The van der Waals surface area contributed by atoms with E-state index in [4.69, 9.17) is 0 Å². The highest BCUT2D eigenvalue weighted by Gasteiger charge is 2.25. The molecule has 0 unspecified atom stereocenters. The summed E-state index contributed by atoms with van der Waals surface area (Å²) in [5, 5.41) is 8.93. The van der Waals surface area contributed by atoms with Crippen molar-refractivity contribution in [2.75, 3.05) is 18.8 Å². The Hall–Kier alpha value is -0.620. The van der Waals surface area contributed by atoms with Gasteiger partial charge in [-0.05, 0) is 25.2 Å². The minimum Gasteiger partial charge on any atom is -0.341 e. The summed E-state index contributed by atoms with van der Waals surface area (Å²) in [6, 6.07) is 0. The summed E-state index contributed by atoms with van der Waals surface area (Å²) in [5.41, 5.74) is 0. The quantitative estimate of drug-likeness (QED) is 0.800. The molecule has 1 amide bonds. The van der Waals surface area contributed by atoms with Crippen LogP contribution in [0.25, 0.3) is 0 Å². The number of nitrogens with zero attached hydrogens (tertiary/aromatic N) is 3. The SMILES string of the molecule is Cc1nnc(SCC(=O)N2C[C@@H](C)C[C@H](C)C2)s1. The second kappa shape index (κ2) is 6.02. The first-order valence-electron chi connectivity index (χ1n) is 6.25. The van der Waals surface area contributed by atoms with Crippen molar-refractivity contribution in [2.45, 2.75) is 31.5 Å². The monoisotopic (exact) mass is 285 g/mol. The Balaban J connectivity index is 1.84. The Bertz CT molecular complexity index is 411. The van der Waals surface area contributed by atoms with Gasteiger partial charge in [-0.3, -0.25) is 4.79 Å². The van der Waals surface area contributed by atoms with E-state index in [9.17, 15) is 4.79 Å². The Labute approximate surface area is 116 Å². The van der Waals surface area contributed by atoms with Gasteiger partial charge in [0, 0.05) is 13.1 Å². The molecule has 1 aliphatic rings. The van der Waals surface area contributed by atoms with Crippen molar-refractivity contribution in [1.82, 2.24) is 15.1 Å². The Morgan fingerprint density at radius 2 is 2.06 bits per heavy atom. The molecule has 0 radical (unpaired) electrons. The number of likely N-dealkylation sites (tertiary alicyclic amines) is 1. The van der Waals surface area contributed by atoms with Crippen LogP contribution in [0, 0.1) is 18.8 Å². The molecule has 1 aliphatic heterocycles. The van der Waals surface area contributed by atoms with Crippen LogP contribution in [0.15, 0.2) is 4.34 Å². The van der Waals surface area contributed by atoms with Gasteiger partial charge in [0.25, 0.3) is 0 Å². The normalized spacial score (nSPS) is 24.3. The Kier molecular flexibility index (Phi) is 4.61. The average Bonchev–Trinajstić information content (AvgIpc) is 2.70. The molecule has 0 bridgehead atoms. The number of carbonyl (C=O) groups excluding carboxylic acids is 1. The van der Waals surface area contributed by atoms with Gasteiger partial charge in [-0.1, -0.05) is 36.9 Å². The topological polar surface area (TPSA) is 46.1 Å². The third kappa shape index (κ3) is 3.68. The van der Waals surface area contributed by atoms with Crippen LogP contribution in [0.4, 0.5) is 0 Å². The summed E-state index contributed by atoms with van der Waals surface area (Å²) in [5.74, 6) is 1.94. The summed E-state index contributed by atoms with van der Waals surface area (Å²) in [6.45, 7) is 8.17. The molecule has 0 saturated carbocycles. The van der Waals surface area contributed by atoms with Crippen molar-refractivity contribution < 1.29 is 4.79 Å². The molecular weight excluding hydrogens is 266 g/mol. The molecule has 100 valence electrons. The van der Waals surface area contributed by atoms with Crippen molar-refractivity contribution in [3.8, 4) is 0 Å². The lowest BCUT2D eigenvalue weighted by Crippen LogP contribution is -2.43. The van der Waals surface area contributed by atoms with Crippen LogP contribution in [0.1, 0.15) is 25.3 Å². The highest BCUT2D eigenvalue weighted by atomic mass is 32.2. The molecule has 2 heterocycles. The molecule has 1 aromatic rings. The van der Waals surface area contributed by atoms with E-state index in [0.29, 0.717) is 17.6 Å². The fourth-order valence-electron chi connectivity index (χ4n) is 2.42. The van der Waals surface area contributed by atoms with E-state index in [1.807, 2.05) is 11.8 Å². The van der Waals surface area contributed by atoms with Crippen LogP contribution in [-0.2, 0) is 4.79 Å². The summed E-state index contributed by atoms with van der Waals surface area (Å²) in [6.07, 6.45) is 1.23. The highest BCUT2D eigenvalue weighted by Crippen LogP contribution is 2.25. The predicted octanol–water partition coefficient (Wildman–Crippen LogP) is 2.44. The summed E-state index contributed by atoms with van der Waals surface area (Å²) in [7, 11) is 0. The van der Waals surface area contributed by atoms with Gasteiger partial charge < -0.3 is 4.90 Å². The molecule has 6 heteroatoms. The van der Waals surface area contributed by atoms with Crippen LogP contribution in [-0.4, -0.2) is 39.8 Å². The number of piperidine rings is 1. The minimum atomic E-state index is 0.228. The highest BCUT2D eigenvalue weighted by molar-refractivity contribution is 8.01. The predicted molar refractivity (Wildman–Crippen MR) is 74.9 cm³/mol. The van der Waals surface area contributed by atoms with Crippen LogP contribution in [0.5, 0.6) is 0 Å². The zero-order valence-corrected chi connectivity index (χ0v) is 12.7. The lowest BCUT2D eigenvalue weighted by Gasteiger charge is -2.34. The second-order valence-electron chi connectivity index (χ2n) is 5.12. The van der Waals surface area contributed by atoms with Crippen molar-refractivity contribution in [3.05, 3.63) is 5.01 Å². The Morgan fingerprint density at radius 3 is 2.61 bits per heavy atom. The van der Waals surface area contributed by atoms with E-state index in [-0.39, 0.29) is 5.91 Å². The van der Waals surface area contributed by atoms with Crippen molar-refractivity contribution in [1.29, 1.82) is 0 Å². The van der Waals surface area contributed by atoms with Gasteiger partial charge in [0.1, 0.15) is 5.01 Å². The molecule has 1 fully saturated rings. The lowest BCUT2D eigenvalue weighted by atomic mass is 9.92. The van der Waals surface area contributed by atoms with E-state index >= 15 is 0 Å². The summed E-state index contributed by atoms with van der Waals surface area (Å²) >= 11 is 3.05. The lowest BCUT2D eigenvalue weighted by molar-refractivity contribution is -0.130. The van der Waals surface area contributed by atoms with Gasteiger partial charge in [0.05, 0.1) is 5.75 Å². The number of rotatable bonds is 3. The molecule has 0 spiro atoms. The molecule has 2 rings (SSSR count). The molecule has 1 aromatic heterocycles. The zero-order chi connectivity index (χ0) is 13.1.